The summed E-state index contributed by atoms with van der Waals surface area (Å²) in [6.07, 6.45) is 2.38. The first-order valence-corrected chi connectivity index (χ1v) is 12.0. The maximum atomic E-state index is 11.5. The number of benzene rings is 1. The Balaban J connectivity index is 1.34. The lowest BCUT2D eigenvalue weighted by atomic mass is 10.1. The minimum Gasteiger partial charge on any atom is -0.357 e. The lowest BCUT2D eigenvalue weighted by Gasteiger charge is -2.38. The highest BCUT2D eigenvalue weighted by Gasteiger charge is 2.32. The number of carbonyl (C=O) groups is 1. The predicted octanol–water partition coefficient (Wildman–Crippen LogP) is 4.43. The second-order valence-corrected chi connectivity index (χ2v) is 10.1. The second-order valence-electron chi connectivity index (χ2n) is 7.36. The lowest BCUT2D eigenvalue weighted by Crippen LogP contribution is -2.52. The largest absolute Gasteiger partial charge is 0.357 e. The standard InChI is InChI=1S/C21H25ClN4OS2/c1-14-20(26-9-7-25(8-10-26)15(2)27)11-16(29-14)12-23-21-24-19(13-28-21)17-5-3-4-6-18(17)22/h3-6,11,13-14,20H,7-10,12H2,1-2H3,(H,23,24). The number of amides is 1. The number of halogens is 1. The fraction of sp³-hybridized carbons (Fsp3) is 0.429. The number of rotatable bonds is 5. The average molecular weight is 449 g/mol. The van der Waals surface area contributed by atoms with Crippen molar-refractivity contribution in [3.8, 4) is 11.3 Å². The Morgan fingerprint density at radius 2 is 2.03 bits per heavy atom. The molecule has 2 aromatic rings. The molecule has 1 N–H and O–H groups in total. The summed E-state index contributed by atoms with van der Waals surface area (Å²) in [6.45, 7) is 8.27. The van der Waals surface area contributed by atoms with Crippen molar-refractivity contribution in [3.63, 3.8) is 0 Å². The van der Waals surface area contributed by atoms with Crippen molar-refractivity contribution in [2.45, 2.75) is 25.1 Å². The maximum Gasteiger partial charge on any atom is 0.219 e. The molecule has 4 rings (SSSR count). The van der Waals surface area contributed by atoms with E-state index in [9.17, 15) is 4.79 Å². The Bertz CT molecular complexity index is 908. The van der Waals surface area contributed by atoms with Crippen LogP contribution in [0, 0.1) is 0 Å². The highest BCUT2D eigenvalue weighted by atomic mass is 35.5. The van der Waals surface area contributed by atoms with Gasteiger partial charge >= 0.3 is 0 Å². The van der Waals surface area contributed by atoms with Crippen molar-refractivity contribution in [1.29, 1.82) is 0 Å². The quantitative estimate of drug-likeness (QED) is 0.733. The van der Waals surface area contributed by atoms with Crippen LogP contribution < -0.4 is 5.32 Å². The molecule has 1 aromatic carbocycles. The number of thiazole rings is 1. The minimum absolute atomic E-state index is 0.179. The Kier molecular flexibility index (Phi) is 6.49. The van der Waals surface area contributed by atoms with Gasteiger partial charge in [0.1, 0.15) is 0 Å². The number of nitrogens with one attached hydrogen (secondary N) is 1. The van der Waals surface area contributed by atoms with Gasteiger partial charge in [-0.3, -0.25) is 9.69 Å². The summed E-state index contributed by atoms with van der Waals surface area (Å²) in [4.78, 5) is 22.0. The zero-order valence-corrected chi connectivity index (χ0v) is 19.0. The van der Waals surface area contributed by atoms with Crippen molar-refractivity contribution in [2.75, 3.05) is 38.0 Å². The smallest absolute Gasteiger partial charge is 0.219 e. The Labute approximate surface area is 185 Å². The monoisotopic (exact) mass is 448 g/mol. The minimum atomic E-state index is 0.179. The van der Waals surface area contributed by atoms with E-state index in [-0.39, 0.29) is 5.91 Å². The molecule has 2 aliphatic rings. The van der Waals surface area contributed by atoms with Gasteiger partial charge in [0.15, 0.2) is 5.13 Å². The predicted molar refractivity (Wildman–Crippen MR) is 124 cm³/mol. The van der Waals surface area contributed by atoms with Crippen LogP contribution in [0.3, 0.4) is 0 Å². The summed E-state index contributed by atoms with van der Waals surface area (Å²) in [7, 11) is 0. The second kappa shape index (κ2) is 9.08. The number of hydrogen-bond donors (Lipinski definition) is 1. The molecule has 0 radical (unpaired) electrons. The van der Waals surface area contributed by atoms with E-state index in [1.54, 1.807) is 18.3 Å². The van der Waals surface area contributed by atoms with Crippen molar-refractivity contribution in [1.82, 2.24) is 14.8 Å². The Hall–Kier alpha value is -1.54. The molecule has 2 unspecified atom stereocenters. The van der Waals surface area contributed by atoms with Crippen LogP contribution in [0.4, 0.5) is 5.13 Å². The van der Waals surface area contributed by atoms with Crippen molar-refractivity contribution < 1.29 is 4.79 Å². The van der Waals surface area contributed by atoms with Crippen molar-refractivity contribution >= 4 is 45.7 Å². The molecular weight excluding hydrogens is 424 g/mol. The van der Waals surface area contributed by atoms with Gasteiger partial charge in [-0.15, -0.1) is 23.1 Å². The molecule has 1 saturated heterocycles. The van der Waals surface area contributed by atoms with Gasteiger partial charge in [0.25, 0.3) is 0 Å². The molecule has 0 aliphatic carbocycles. The molecule has 1 fully saturated rings. The lowest BCUT2D eigenvalue weighted by molar-refractivity contribution is -0.130. The third-order valence-electron chi connectivity index (χ3n) is 5.42. The fourth-order valence-electron chi connectivity index (χ4n) is 3.82. The number of carbonyl (C=O) groups excluding carboxylic acids is 1. The summed E-state index contributed by atoms with van der Waals surface area (Å²) >= 11 is 9.82. The SMILES string of the molecule is CC(=O)N1CCN(C2C=C(CNc3nc(-c4ccccc4Cl)cs3)SC2C)CC1. The van der Waals surface area contributed by atoms with Crippen LogP contribution in [0.1, 0.15) is 13.8 Å². The van der Waals surface area contributed by atoms with Crippen LogP contribution in [0.5, 0.6) is 0 Å². The van der Waals surface area contributed by atoms with E-state index in [1.165, 1.54) is 4.91 Å². The first-order valence-electron chi connectivity index (χ1n) is 9.82. The normalized spacial score (nSPS) is 22.6. The van der Waals surface area contributed by atoms with Gasteiger partial charge in [-0.1, -0.05) is 42.8 Å². The van der Waals surface area contributed by atoms with Crippen LogP contribution in [0.2, 0.25) is 5.02 Å². The fourth-order valence-corrected chi connectivity index (χ4v) is 6.01. The Morgan fingerprint density at radius 1 is 1.28 bits per heavy atom. The van der Waals surface area contributed by atoms with Crippen LogP contribution in [0.15, 0.2) is 40.6 Å². The summed E-state index contributed by atoms with van der Waals surface area (Å²) < 4.78 is 0. The van der Waals surface area contributed by atoms with E-state index in [2.05, 4.69) is 23.2 Å². The molecule has 0 saturated carbocycles. The third kappa shape index (κ3) is 4.79. The van der Waals surface area contributed by atoms with E-state index in [4.69, 9.17) is 16.6 Å². The number of aromatic nitrogens is 1. The molecule has 5 nitrogen and oxygen atoms in total. The zero-order chi connectivity index (χ0) is 20.4. The third-order valence-corrected chi connectivity index (χ3v) is 7.79. The summed E-state index contributed by atoms with van der Waals surface area (Å²) in [5, 5.41) is 7.66. The van der Waals surface area contributed by atoms with Crippen LogP contribution in [-0.2, 0) is 4.79 Å². The molecule has 1 amide bonds. The van der Waals surface area contributed by atoms with Gasteiger partial charge in [-0.25, -0.2) is 4.98 Å². The first kappa shape index (κ1) is 20.7. The maximum absolute atomic E-state index is 11.5. The molecule has 8 heteroatoms. The number of anilines is 1. The highest BCUT2D eigenvalue weighted by molar-refractivity contribution is 8.04. The molecule has 0 spiro atoms. The van der Waals surface area contributed by atoms with Crippen LogP contribution in [0.25, 0.3) is 11.3 Å². The van der Waals surface area contributed by atoms with Crippen molar-refractivity contribution in [2.24, 2.45) is 0 Å². The topological polar surface area (TPSA) is 48.5 Å². The zero-order valence-electron chi connectivity index (χ0n) is 16.6. The molecule has 3 heterocycles. The van der Waals surface area contributed by atoms with E-state index in [0.29, 0.717) is 11.3 Å². The first-order chi connectivity index (χ1) is 14.0. The van der Waals surface area contributed by atoms with Gasteiger partial charge in [0, 0.05) is 71.8 Å². The van der Waals surface area contributed by atoms with Gasteiger partial charge in [0.2, 0.25) is 5.91 Å². The summed E-state index contributed by atoms with van der Waals surface area (Å²) in [6, 6.07) is 8.22. The molecule has 154 valence electrons. The molecule has 2 atom stereocenters. The Morgan fingerprint density at radius 3 is 2.76 bits per heavy atom. The van der Waals surface area contributed by atoms with E-state index >= 15 is 0 Å². The number of nitrogens with zero attached hydrogens (tertiary/aromatic N) is 3. The van der Waals surface area contributed by atoms with Crippen LogP contribution in [-0.4, -0.2) is 64.7 Å². The van der Waals surface area contributed by atoms with Crippen molar-refractivity contribution in [3.05, 3.63) is 45.6 Å². The highest BCUT2D eigenvalue weighted by Crippen LogP contribution is 2.36. The summed E-state index contributed by atoms with van der Waals surface area (Å²) in [5.41, 5.74) is 1.87. The van der Waals surface area contributed by atoms with Gasteiger partial charge in [0.05, 0.1) is 5.69 Å². The molecular formula is C21H25ClN4OS2. The van der Waals surface area contributed by atoms with E-state index in [0.717, 1.165) is 54.1 Å². The summed E-state index contributed by atoms with van der Waals surface area (Å²) in [5.74, 6) is 0.179. The van der Waals surface area contributed by atoms with Gasteiger partial charge in [-0.2, -0.15) is 0 Å². The average Bonchev–Trinajstić information content (AvgIpc) is 3.33. The number of hydrogen-bond acceptors (Lipinski definition) is 6. The van der Waals surface area contributed by atoms with Gasteiger partial charge in [-0.05, 0) is 6.07 Å². The van der Waals surface area contributed by atoms with Crippen LogP contribution >= 0.6 is 34.7 Å². The number of thioether (sulfide) groups is 1. The molecule has 29 heavy (non-hydrogen) atoms. The molecule has 1 aromatic heterocycles. The van der Waals surface area contributed by atoms with E-state index < -0.39 is 0 Å². The van der Waals surface area contributed by atoms with Gasteiger partial charge < -0.3 is 10.2 Å². The number of piperazine rings is 1. The van der Waals surface area contributed by atoms with E-state index in [1.807, 2.05) is 46.3 Å². The molecule has 0 bridgehead atoms. The molecule has 2 aliphatic heterocycles.